The van der Waals surface area contributed by atoms with Crippen LogP contribution in [0, 0.1) is 6.92 Å². The smallest absolute Gasteiger partial charge is 0.251 e. The minimum Gasteiger partial charge on any atom is -0.352 e. The van der Waals surface area contributed by atoms with Crippen LogP contribution in [0.25, 0.3) is 0 Å². The predicted octanol–water partition coefficient (Wildman–Crippen LogP) is 3.72. The number of thiazole rings is 1. The third-order valence-electron chi connectivity index (χ3n) is 3.26. The molecule has 1 aromatic carbocycles. The molecule has 1 amide bonds. The molecule has 0 aliphatic carbocycles. The van der Waals surface area contributed by atoms with Crippen LogP contribution >= 0.6 is 11.3 Å². The van der Waals surface area contributed by atoms with Crippen molar-refractivity contribution >= 4 is 17.2 Å². The average Bonchev–Trinajstić information content (AvgIpc) is 2.88. The van der Waals surface area contributed by atoms with Crippen LogP contribution in [-0.2, 0) is 11.8 Å². The molecule has 0 unspecified atom stereocenters. The molecule has 0 aliphatic heterocycles. The van der Waals surface area contributed by atoms with Gasteiger partial charge in [-0.1, -0.05) is 38.5 Å². The fourth-order valence-corrected chi connectivity index (χ4v) is 2.89. The summed E-state index contributed by atoms with van der Waals surface area (Å²) < 4.78 is 0. The van der Waals surface area contributed by atoms with Crippen molar-refractivity contribution in [1.29, 1.82) is 0 Å². The van der Waals surface area contributed by atoms with Gasteiger partial charge in [-0.2, -0.15) is 0 Å². The summed E-state index contributed by atoms with van der Waals surface area (Å²) in [6.07, 6.45) is 0.776. The van der Waals surface area contributed by atoms with Gasteiger partial charge < -0.3 is 5.32 Å². The van der Waals surface area contributed by atoms with E-state index in [4.69, 9.17) is 0 Å². The Bertz CT molecular complexity index is 608. The zero-order chi connectivity index (χ0) is 15.5. The summed E-state index contributed by atoms with van der Waals surface area (Å²) in [6, 6.07) is 7.61. The highest BCUT2D eigenvalue weighted by molar-refractivity contribution is 7.09. The topological polar surface area (TPSA) is 42.0 Å². The first-order valence-electron chi connectivity index (χ1n) is 7.16. The van der Waals surface area contributed by atoms with Gasteiger partial charge in [0, 0.05) is 29.3 Å². The second-order valence-corrected chi connectivity index (χ2v) is 7.19. The van der Waals surface area contributed by atoms with E-state index in [0.717, 1.165) is 22.7 Å². The first-order valence-corrected chi connectivity index (χ1v) is 8.04. The Labute approximate surface area is 130 Å². The van der Waals surface area contributed by atoms with Crippen LogP contribution in [0.4, 0.5) is 0 Å². The summed E-state index contributed by atoms with van der Waals surface area (Å²) in [5, 5.41) is 6.12. The van der Waals surface area contributed by atoms with E-state index < -0.39 is 0 Å². The van der Waals surface area contributed by atoms with Gasteiger partial charge in [0.05, 0.1) is 10.7 Å². The van der Waals surface area contributed by atoms with Crippen molar-refractivity contribution in [2.75, 3.05) is 6.54 Å². The third kappa shape index (κ3) is 4.39. The van der Waals surface area contributed by atoms with Crippen molar-refractivity contribution in [3.05, 3.63) is 51.5 Å². The maximum atomic E-state index is 12.0. The Morgan fingerprint density at radius 2 is 1.90 bits per heavy atom. The lowest BCUT2D eigenvalue weighted by Crippen LogP contribution is -2.25. The molecule has 0 bridgehead atoms. The first-order chi connectivity index (χ1) is 9.86. The molecule has 1 aromatic heterocycles. The Balaban J connectivity index is 1.85. The number of nitrogens with one attached hydrogen (secondary N) is 1. The van der Waals surface area contributed by atoms with E-state index in [1.54, 1.807) is 11.3 Å². The molecule has 21 heavy (non-hydrogen) atoms. The molecular weight excluding hydrogens is 280 g/mol. The average molecular weight is 302 g/mol. The quantitative estimate of drug-likeness (QED) is 0.935. The van der Waals surface area contributed by atoms with Crippen LogP contribution in [0.2, 0.25) is 0 Å². The van der Waals surface area contributed by atoms with Crippen LogP contribution < -0.4 is 5.32 Å². The standard InChI is InChI=1S/C17H22N2OS/c1-12-5-7-13(8-6-12)16(20)18-10-9-15-19-14(11-21-15)17(2,3)4/h5-8,11H,9-10H2,1-4H3,(H,18,20). The second-order valence-electron chi connectivity index (χ2n) is 6.25. The molecule has 0 aliphatic rings. The van der Waals surface area contributed by atoms with Gasteiger partial charge in [-0.3, -0.25) is 4.79 Å². The molecule has 1 N–H and O–H groups in total. The fraction of sp³-hybridized carbons (Fsp3) is 0.412. The number of benzene rings is 1. The molecule has 0 spiro atoms. The van der Waals surface area contributed by atoms with Crippen LogP contribution in [-0.4, -0.2) is 17.4 Å². The molecular formula is C17H22N2OS. The Morgan fingerprint density at radius 1 is 1.24 bits per heavy atom. The summed E-state index contributed by atoms with van der Waals surface area (Å²) in [5.74, 6) is -0.0254. The number of aromatic nitrogens is 1. The van der Waals surface area contributed by atoms with Crippen molar-refractivity contribution in [3.8, 4) is 0 Å². The minimum absolute atomic E-state index is 0.0254. The maximum Gasteiger partial charge on any atom is 0.251 e. The summed E-state index contributed by atoms with van der Waals surface area (Å²) in [4.78, 5) is 16.6. The normalized spacial score (nSPS) is 11.4. The summed E-state index contributed by atoms with van der Waals surface area (Å²) in [5.41, 5.74) is 3.06. The molecule has 3 nitrogen and oxygen atoms in total. The van der Waals surface area contributed by atoms with Gasteiger partial charge in [0.25, 0.3) is 5.91 Å². The van der Waals surface area contributed by atoms with Crippen molar-refractivity contribution < 1.29 is 4.79 Å². The zero-order valence-corrected chi connectivity index (χ0v) is 13.9. The summed E-state index contributed by atoms with van der Waals surface area (Å²) in [6.45, 7) is 9.10. The van der Waals surface area contributed by atoms with E-state index in [1.807, 2.05) is 31.2 Å². The van der Waals surface area contributed by atoms with E-state index in [9.17, 15) is 4.79 Å². The highest BCUT2D eigenvalue weighted by Crippen LogP contribution is 2.23. The lowest BCUT2D eigenvalue weighted by atomic mass is 9.93. The maximum absolute atomic E-state index is 12.0. The zero-order valence-electron chi connectivity index (χ0n) is 13.1. The number of rotatable bonds is 4. The van der Waals surface area contributed by atoms with Gasteiger partial charge in [0.2, 0.25) is 0 Å². The number of nitrogens with zero attached hydrogens (tertiary/aromatic N) is 1. The van der Waals surface area contributed by atoms with Crippen molar-refractivity contribution in [3.63, 3.8) is 0 Å². The number of hydrogen-bond acceptors (Lipinski definition) is 3. The number of aryl methyl sites for hydroxylation is 1. The van der Waals surface area contributed by atoms with Crippen LogP contribution in [0.3, 0.4) is 0 Å². The van der Waals surface area contributed by atoms with E-state index >= 15 is 0 Å². The number of amides is 1. The van der Waals surface area contributed by atoms with Crippen LogP contribution in [0.5, 0.6) is 0 Å². The number of hydrogen-bond donors (Lipinski definition) is 1. The van der Waals surface area contributed by atoms with Gasteiger partial charge in [-0.05, 0) is 19.1 Å². The van der Waals surface area contributed by atoms with Gasteiger partial charge in [-0.25, -0.2) is 4.98 Å². The lowest BCUT2D eigenvalue weighted by Gasteiger charge is -2.14. The Hall–Kier alpha value is -1.68. The molecule has 4 heteroatoms. The number of carbonyl (C=O) groups excluding carboxylic acids is 1. The largest absolute Gasteiger partial charge is 0.352 e. The molecule has 0 saturated carbocycles. The van der Waals surface area contributed by atoms with Gasteiger partial charge in [-0.15, -0.1) is 11.3 Å². The molecule has 0 radical (unpaired) electrons. The monoisotopic (exact) mass is 302 g/mol. The summed E-state index contributed by atoms with van der Waals surface area (Å²) >= 11 is 1.66. The second kappa shape index (κ2) is 6.39. The number of carbonyl (C=O) groups is 1. The Kier molecular flexibility index (Phi) is 4.78. The SMILES string of the molecule is Cc1ccc(C(=O)NCCc2nc(C(C)(C)C)cs2)cc1. The molecule has 0 fully saturated rings. The molecule has 1 heterocycles. The predicted molar refractivity (Wildman–Crippen MR) is 88.0 cm³/mol. The van der Waals surface area contributed by atoms with Crippen LogP contribution in [0.1, 0.15) is 47.4 Å². The fourth-order valence-electron chi connectivity index (χ4n) is 1.86. The molecule has 2 aromatic rings. The lowest BCUT2D eigenvalue weighted by molar-refractivity contribution is 0.0954. The van der Waals surface area contributed by atoms with Gasteiger partial charge in [0.15, 0.2) is 0 Å². The summed E-state index contributed by atoms with van der Waals surface area (Å²) in [7, 11) is 0. The van der Waals surface area contributed by atoms with Crippen LogP contribution in [0.15, 0.2) is 29.6 Å². The van der Waals surface area contributed by atoms with Gasteiger partial charge >= 0.3 is 0 Å². The molecule has 2 rings (SSSR count). The van der Waals surface area contributed by atoms with Crippen molar-refractivity contribution in [1.82, 2.24) is 10.3 Å². The first kappa shape index (κ1) is 15.7. The van der Waals surface area contributed by atoms with E-state index in [2.05, 4.69) is 36.5 Å². The minimum atomic E-state index is -0.0254. The Morgan fingerprint density at radius 3 is 2.48 bits per heavy atom. The van der Waals surface area contributed by atoms with E-state index in [-0.39, 0.29) is 11.3 Å². The highest BCUT2D eigenvalue weighted by Gasteiger charge is 2.17. The molecule has 0 saturated heterocycles. The third-order valence-corrected chi connectivity index (χ3v) is 4.17. The van der Waals surface area contributed by atoms with Gasteiger partial charge in [0.1, 0.15) is 0 Å². The van der Waals surface area contributed by atoms with E-state index in [1.165, 1.54) is 0 Å². The molecule has 0 atom stereocenters. The van der Waals surface area contributed by atoms with Crippen molar-refractivity contribution in [2.24, 2.45) is 0 Å². The van der Waals surface area contributed by atoms with E-state index in [0.29, 0.717) is 12.1 Å². The molecule has 112 valence electrons. The van der Waals surface area contributed by atoms with Crippen molar-refractivity contribution in [2.45, 2.75) is 39.5 Å². The highest BCUT2D eigenvalue weighted by atomic mass is 32.1.